The van der Waals surface area contributed by atoms with Gasteiger partial charge in [0.15, 0.2) is 0 Å². The van der Waals surface area contributed by atoms with Crippen molar-refractivity contribution < 1.29 is 15.3 Å². The SMILES string of the molecule is CC(N)(O)CC(O)CCO. The number of aliphatic hydroxyl groups is 3. The van der Waals surface area contributed by atoms with Gasteiger partial charge in [0.1, 0.15) is 5.72 Å². The van der Waals surface area contributed by atoms with E-state index in [1.165, 1.54) is 6.92 Å². The highest BCUT2D eigenvalue weighted by atomic mass is 16.3. The van der Waals surface area contributed by atoms with E-state index in [-0.39, 0.29) is 19.4 Å². The first-order valence-electron chi connectivity index (χ1n) is 3.26. The molecular formula is C6H15NO3. The molecule has 0 aromatic carbocycles. The molecule has 0 amide bonds. The minimum Gasteiger partial charge on any atom is -0.396 e. The van der Waals surface area contributed by atoms with Crippen LogP contribution in [0.1, 0.15) is 19.8 Å². The van der Waals surface area contributed by atoms with Gasteiger partial charge in [0.2, 0.25) is 0 Å². The molecule has 62 valence electrons. The van der Waals surface area contributed by atoms with Crippen molar-refractivity contribution in [3.63, 3.8) is 0 Å². The van der Waals surface area contributed by atoms with Crippen LogP contribution in [0.5, 0.6) is 0 Å². The van der Waals surface area contributed by atoms with Gasteiger partial charge in [0, 0.05) is 13.0 Å². The molecule has 0 aliphatic carbocycles. The van der Waals surface area contributed by atoms with Gasteiger partial charge in [0.25, 0.3) is 0 Å². The topological polar surface area (TPSA) is 86.7 Å². The molecule has 4 heteroatoms. The third-order valence-electron chi connectivity index (χ3n) is 1.11. The third kappa shape index (κ3) is 5.97. The van der Waals surface area contributed by atoms with Crippen molar-refractivity contribution in [1.82, 2.24) is 0 Å². The average Bonchev–Trinajstić information content (AvgIpc) is 1.59. The molecular weight excluding hydrogens is 134 g/mol. The van der Waals surface area contributed by atoms with Crippen LogP contribution >= 0.6 is 0 Å². The Bertz CT molecular complexity index is 89.5. The van der Waals surface area contributed by atoms with E-state index in [1.807, 2.05) is 0 Å². The van der Waals surface area contributed by atoms with Crippen LogP contribution in [0.3, 0.4) is 0 Å². The van der Waals surface area contributed by atoms with Crippen molar-refractivity contribution in [2.24, 2.45) is 5.73 Å². The van der Waals surface area contributed by atoms with E-state index in [4.69, 9.17) is 21.1 Å². The second-order valence-electron chi connectivity index (χ2n) is 2.73. The predicted octanol–water partition coefficient (Wildman–Crippen LogP) is -1.21. The van der Waals surface area contributed by atoms with Crippen LogP contribution in [0.4, 0.5) is 0 Å². The zero-order valence-electron chi connectivity index (χ0n) is 6.12. The summed E-state index contributed by atoms with van der Waals surface area (Å²) in [6, 6.07) is 0. The molecule has 0 spiro atoms. The minimum absolute atomic E-state index is 0.0861. The molecule has 0 fully saturated rings. The van der Waals surface area contributed by atoms with Gasteiger partial charge in [-0.3, -0.25) is 0 Å². The van der Waals surface area contributed by atoms with Gasteiger partial charge in [-0.25, -0.2) is 0 Å². The van der Waals surface area contributed by atoms with Gasteiger partial charge in [-0.1, -0.05) is 0 Å². The Morgan fingerprint density at radius 2 is 2.10 bits per heavy atom. The molecule has 0 heterocycles. The molecule has 0 bridgehead atoms. The quantitative estimate of drug-likeness (QED) is 0.378. The fraction of sp³-hybridized carbons (Fsp3) is 1.00. The predicted molar refractivity (Wildman–Crippen MR) is 37.1 cm³/mol. The first-order valence-corrected chi connectivity index (χ1v) is 3.26. The lowest BCUT2D eigenvalue weighted by Crippen LogP contribution is -2.39. The fourth-order valence-corrected chi connectivity index (χ4v) is 0.728. The van der Waals surface area contributed by atoms with Gasteiger partial charge < -0.3 is 21.1 Å². The standard InChI is InChI=1S/C6H15NO3/c1-6(7,10)4-5(9)2-3-8/h5,8-10H,2-4,7H2,1H3. The Labute approximate surface area is 60.3 Å². The molecule has 0 aliphatic rings. The number of hydrogen-bond donors (Lipinski definition) is 4. The summed E-state index contributed by atoms with van der Waals surface area (Å²) in [5.41, 5.74) is 3.84. The van der Waals surface area contributed by atoms with Crippen molar-refractivity contribution in [2.75, 3.05) is 6.61 Å². The van der Waals surface area contributed by atoms with Crippen LogP contribution in [-0.2, 0) is 0 Å². The van der Waals surface area contributed by atoms with E-state index >= 15 is 0 Å². The van der Waals surface area contributed by atoms with E-state index in [2.05, 4.69) is 0 Å². The van der Waals surface area contributed by atoms with Crippen molar-refractivity contribution in [3.05, 3.63) is 0 Å². The molecule has 2 atom stereocenters. The molecule has 0 aromatic rings. The van der Waals surface area contributed by atoms with E-state index in [0.29, 0.717) is 0 Å². The molecule has 4 nitrogen and oxygen atoms in total. The fourth-order valence-electron chi connectivity index (χ4n) is 0.728. The summed E-state index contributed by atoms with van der Waals surface area (Å²) in [6.07, 6.45) is -0.369. The van der Waals surface area contributed by atoms with Crippen molar-refractivity contribution >= 4 is 0 Å². The second kappa shape index (κ2) is 3.88. The van der Waals surface area contributed by atoms with Gasteiger partial charge >= 0.3 is 0 Å². The third-order valence-corrected chi connectivity index (χ3v) is 1.11. The molecule has 0 saturated heterocycles. The van der Waals surface area contributed by atoms with Gasteiger partial charge in [-0.2, -0.15) is 0 Å². The summed E-state index contributed by atoms with van der Waals surface area (Å²) in [6.45, 7) is 1.32. The van der Waals surface area contributed by atoms with Crippen LogP contribution in [-0.4, -0.2) is 33.8 Å². The maximum atomic E-state index is 8.98. The number of aliphatic hydroxyl groups excluding tert-OH is 2. The molecule has 0 radical (unpaired) electrons. The zero-order chi connectivity index (χ0) is 8.20. The smallest absolute Gasteiger partial charge is 0.113 e. The van der Waals surface area contributed by atoms with Crippen LogP contribution in [0.25, 0.3) is 0 Å². The van der Waals surface area contributed by atoms with Crippen molar-refractivity contribution in [3.8, 4) is 0 Å². The Morgan fingerprint density at radius 1 is 1.60 bits per heavy atom. The van der Waals surface area contributed by atoms with Gasteiger partial charge in [-0.15, -0.1) is 0 Å². The molecule has 0 rings (SSSR count). The highest BCUT2D eigenvalue weighted by Crippen LogP contribution is 2.06. The highest BCUT2D eigenvalue weighted by Gasteiger charge is 2.18. The normalized spacial score (nSPS) is 20.1. The lowest BCUT2D eigenvalue weighted by atomic mass is 10.1. The summed E-state index contributed by atoms with van der Waals surface area (Å²) in [7, 11) is 0. The van der Waals surface area contributed by atoms with E-state index in [1.54, 1.807) is 0 Å². The minimum atomic E-state index is -1.34. The molecule has 5 N–H and O–H groups in total. The summed E-state index contributed by atoms with van der Waals surface area (Å²) in [5, 5.41) is 26.3. The van der Waals surface area contributed by atoms with Gasteiger partial charge in [0.05, 0.1) is 6.10 Å². The van der Waals surface area contributed by atoms with E-state index in [9.17, 15) is 0 Å². The lowest BCUT2D eigenvalue weighted by molar-refractivity contribution is 0.00185. The second-order valence-corrected chi connectivity index (χ2v) is 2.73. The lowest BCUT2D eigenvalue weighted by Gasteiger charge is -2.20. The van der Waals surface area contributed by atoms with Crippen LogP contribution in [0, 0.1) is 0 Å². The number of rotatable bonds is 4. The monoisotopic (exact) mass is 149 g/mol. The maximum Gasteiger partial charge on any atom is 0.113 e. The molecule has 2 unspecified atom stereocenters. The first-order chi connectivity index (χ1) is 4.45. The number of nitrogens with two attached hydrogens (primary N) is 1. The maximum absolute atomic E-state index is 8.98. The van der Waals surface area contributed by atoms with Crippen LogP contribution in [0.15, 0.2) is 0 Å². The summed E-state index contributed by atoms with van der Waals surface area (Å²) in [5.74, 6) is 0. The molecule has 0 aromatic heterocycles. The van der Waals surface area contributed by atoms with E-state index < -0.39 is 11.8 Å². The molecule has 10 heavy (non-hydrogen) atoms. The highest BCUT2D eigenvalue weighted by molar-refractivity contribution is 4.68. The Morgan fingerprint density at radius 3 is 2.40 bits per heavy atom. The van der Waals surface area contributed by atoms with Crippen LogP contribution < -0.4 is 5.73 Å². The number of hydrogen-bond acceptors (Lipinski definition) is 4. The zero-order valence-corrected chi connectivity index (χ0v) is 6.12. The van der Waals surface area contributed by atoms with Crippen LogP contribution in [0.2, 0.25) is 0 Å². The Kier molecular flexibility index (Phi) is 3.81. The first kappa shape index (κ1) is 9.84. The van der Waals surface area contributed by atoms with Crippen molar-refractivity contribution in [1.29, 1.82) is 0 Å². The largest absolute Gasteiger partial charge is 0.396 e. The summed E-state index contributed by atoms with van der Waals surface area (Å²) >= 11 is 0. The molecule has 0 saturated carbocycles. The Balaban J connectivity index is 3.47. The summed E-state index contributed by atoms with van der Waals surface area (Å²) in [4.78, 5) is 0. The van der Waals surface area contributed by atoms with Crippen molar-refractivity contribution in [2.45, 2.75) is 31.6 Å². The average molecular weight is 149 g/mol. The van der Waals surface area contributed by atoms with E-state index in [0.717, 1.165) is 0 Å². The van der Waals surface area contributed by atoms with Gasteiger partial charge in [-0.05, 0) is 13.3 Å². The Hall–Kier alpha value is -0.160. The molecule has 0 aliphatic heterocycles. The summed E-state index contributed by atoms with van der Waals surface area (Å²) < 4.78 is 0.